The van der Waals surface area contributed by atoms with E-state index < -0.39 is 52.2 Å². The summed E-state index contributed by atoms with van der Waals surface area (Å²) in [6, 6.07) is 20.5. The number of ether oxygens (including phenoxy) is 1. The highest BCUT2D eigenvalue weighted by atomic mass is 35.5. The van der Waals surface area contributed by atoms with Gasteiger partial charge in [-0.25, -0.2) is 4.98 Å². The third-order valence-corrected chi connectivity index (χ3v) is 11.6. The van der Waals surface area contributed by atoms with Gasteiger partial charge in [0.15, 0.2) is 29.1 Å². The molecule has 4 aromatic rings. The molecule has 0 bridgehead atoms. The van der Waals surface area contributed by atoms with E-state index in [9.17, 15) is 24.2 Å². The molecule has 5 atom stereocenters. The Labute approximate surface area is 256 Å². The van der Waals surface area contributed by atoms with Crippen molar-refractivity contribution in [1.82, 2.24) is 19.5 Å². The molecule has 3 unspecified atom stereocenters. The molecule has 2 aliphatic rings. The minimum Gasteiger partial charge on any atom is -0.387 e. The molecule has 5 N–H and O–H groups in total. The number of benzene rings is 2. The van der Waals surface area contributed by atoms with Crippen molar-refractivity contribution in [2.75, 3.05) is 30.5 Å². The molecule has 0 amide bonds. The van der Waals surface area contributed by atoms with Crippen molar-refractivity contribution < 1.29 is 43.3 Å². The first-order valence-corrected chi connectivity index (χ1v) is 17.6. The molecule has 234 valence electrons. The lowest BCUT2D eigenvalue weighted by Crippen LogP contribution is -2.33. The molecular formula is C27H30ClN5O9P2. The summed E-state index contributed by atoms with van der Waals surface area (Å²) in [6.45, 7) is 0.493. The van der Waals surface area contributed by atoms with Crippen LogP contribution in [0.25, 0.3) is 11.2 Å². The second-order valence-electron chi connectivity index (χ2n) is 10.9. The monoisotopic (exact) mass is 665 g/mol. The lowest BCUT2D eigenvalue weighted by atomic mass is 9.74. The quantitative estimate of drug-likeness (QED) is 0.129. The highest BCUT2D eigenvalue weighted by molar-refractivity contribution is 7.70. The Kier molecular flexibility index (Phi) is 8.44. The van der Waals surface area contributed by atoms with Gasteiger partial charge in [0.1, 0.15) is 18.3 Å². The molecule has 0 radical (unpaired) electrons. The molecule has 0 spiro atoms. The van der Waals surface area contributed by atoms with Gasteiger partial charge >= 0.3 is 15.2 Å². The fraction of sp³-hybridized carbons (Fsp3) is 0.370. The number of aliphatic hydroxyl groups is 2. The van der Waals surface area contributed by atoms with Crippen LogP contribution in [0, 0.1) is 0 Å². The van der Waals surface area contributed by atoms with Crippen molar-refractivity contribution in [3.05, 3.63) is 83.4 Å². The van der Waals surface area contributed by atoms with E-state index in [1.165, 1.54) is 10.9 Å². The summed E-state index contributed by atoms with van der Waals surface area (Å²) in [4.78, 5) is 43.3. The average molecular weight is 666 g/mol. The van der Waals surface area contributed by atoms with E-state index in [1.54, 1.807) is 0 Å². The molecule has 2 aromatic heterocycles. The number of fused-ring (bicyclic) bond motifs is 1. The first kappa shape index (κ1) is 31.3. The molecule has 4 heterocycles. The molecule has 2 fully saturated rings. The smallest absolute Gasteiger partial charge is 0.340 e. The first-order chi connectivity index (χ1) is 20.9. The maximum Gasteiger partial charge on any atom is 0.340 e. The molecule has 6 rings (SSSR count). The maximum atomic E-state index is 12.1. The van der Waals surface area contributed by atoms with Crippen molar-refractivity contribution >= 4 is 43.8 Å². The number of imidazole rings is 1. The van der Waals surface area contributed by atoms with E-state index in [0.29, 0.717) is 24.4 Å². The van der Waals surface area contributed by atoms with E-state index in [0.717, 1.165) is 17.5 Å². The zero-order valence-corrected chi connectivity index (χ0v) is 25.6. The van der Waals surface area contributed by atoms with Gasteiger partial charge in [-0.3, -0.25) is 13.7 Å². The van der Waals surface area contributed by atoms with Crippen molar-refractivity contribution in [1.29, 1.82) is 0 Å². The maximum absolute atomic E-state index is 12.1. The van der Waals surface area contributed by atoms with Gasteiger partial charge in [0.2, 0.25) is 5.28 Å². The molecule has 17 heteroatoms. The Morgan fingerprint density at radius 2 is 1.61 bits per heavy atom. The van der Waals surface area contributed by atoms with Crippen LogP contribution in [0.4, 0.5) is 5.82 Å². The van der Waals surface area contributed by atoms with Crippen LogP contribution >= 0.6 is 26.8 Å². The topological polar surface area (TPSA) is 201 Å². The summed E-state index contributed by atoms with van der Waals surface area (Å²) >= 11 is 6.40. The third-order valence-electron chi connectivity index (χ3n) is 8.01. The van der Waals surface area contributed by atoms with Crippen LogP contribution in [0.1, 0.15) is 23.8 Å². The first-order valence-electron chi connectivity index (χ1n) is 13.7. The van der Waals surface area contributed by atoms with Crippen LogP contribution < -0.4 is 4.90 Å². The Balaban J connectivity index is 1.28. The summed E-state index contributed by atoms with van der Waals surface area (Å²) in [7, 11) is -9.56. The molecule has 0 aliphatic carbocycles. The fourth-order valence-electron chi connectivity index (χ4n) is 5.99. The van der Waals surface area contributed by atoms with Gasteiger partial charge in [-0.1, -0.05) is 60.7 Å². The Bertz CT molecular complexity index is 1700. The summed E-state index contributed by atoms with van der Waals surface area (Å²) in [5, 5.41) is 21.4. The number of nitrogens with zero attached hydrogens (tertiary/aromatic N) is 5. The minimum atomic E-state index is -4.85. The second-order valence-corrected chi connectivity index (χ2v) is 15.2. The lowest BCUT2D eigenvalue weighted by Gasteiger charge is -2.31. The molecule has 0 saturated carbocycles. The highest BCUT2D eigenvalue weighted by Gasteiger charge is 2.46. The third kappa shape index (κ3) is 6.08. The predicted octanol–water partition coefficient (Wildman–Crippen LogP) is 2.63. The SMILES string of the molecule is O=P(O)(O)CP(=O)(O)OC[C@H]1O[C@@H](n2cnc3c(N4CCC(c5ccccc5)(c5ccccc5)C4)nc(Cl)nc32)C(O)C1O. The van der Waals surface area contributed by atoms with Gasteiger partial charge < -0.3 is 39.1 Å². The molecule has 2 aromatic carbocycles. The van der Waals surface area contributed by atoms with Gasteiger partial charge in [0.05, 0.1) is 12.9 Å². The van der Waals surface area contributed by atoms with Crippen molar-refractivity contribution in [2.45, 2.75) is 36.4 Å². The largest absolute Gasteiger partial charge is 0.387 e. The standard InChI is InChI=1S/C27H30ClN5O9P2/c28-26-30-23(32-12-11-27(14-32,17-7-3-1-4-8-17)18-9-5-2-6-10-18)20-24(31-26)33(15-29-20)25-22(35)21(34)19(42-25)13-41-44(39,40)16-43(36,37)38/h1-10,15,19,21-22,25,34-35H,11-14,16H2,(H,39,40)(H2,36,37,38)/t19-,21?,22?,25-/m1/s1. The van der Waals surface area contributed by atoms with Gasteiger partial charge in [-0.15, -0.1) is 0 Å². The van der Waals surface area contributed by atoms with Gasteiger partial charge in [-0.05, 0) is 29.1 Å². The number of anilines is 1. The van der Waals surface area contributed by atoms with Gasteiger partial charge in [0.25, 0.3) is 0 Å². The van der Waals surface area contributed by atoms with E-state index in [1.807, 2.05) is 36.4 Å². The Morgan fingerprint density at radius 1 is 0.977 bits per heavy atom. The number of rotatable bonds is 9. The fourth-order valence-corrected chi connectivity index (χ4v) is 8.71. The normalized spacial score (nSPS) is 25.0. The Morgan fingerprint density at radius 3 is 2.23 bits per heavy atom. The van der Waals surface area contributed by atoms with Crippen LogP contribution in [0.2, 0.25) is 5.28 Å². The summed E-state index contributed by atoms with van der Waals surface area (Å²) in [5.74, 6) is -0.912. The summed E-state index contributed by atoms with van der Waals surface area (Å²) in [5.41, 5.74) is 2.60. The molecular weight excluding hydrogens is 636 g/mol. The molecule has 44 heavy (non-hydrogen) atoms. The predicted molar refractivity (Wildman–Crippen MR) is 159 cm³/mol. The van der Waals surface area contributed by atoms with Crippen LogP contribution in [0.5, 0.6) is 0 Å². The van der Waals surface area contributed by atoms with Gasteiger partial charge in [0, 0.05) is 18.5 Å². The number of hydrogen-bond donors (Lipinski definition) is 5. The average Bonchev–Trinajstić information content (AvgIpc) is 3.68. The number of aromatic nitrogens is 4. The summed E-state index contributed by atoms with van der Waals surface area (Å²) in [6.07, 6.45) is -3.49. The van der Waals surface area contributed by atoms with Crippen LogP contribution in [0.3, 0.4) is 0 Å². The van der Waals surface area contributed by atoms with Crippen molar-refractivity contribution in [2.24, 2.45) is 0 Å². The summed E-state index contributed by atoms with van der Waals surface area (Å²) < 4.78 is 35.2. The lowest BCUT2D eigenvalue weighted by molar-refractivity contribution is -0.0483. The zero-order chi connectivity index (χ0) is 31.3. The molecule has 2 saturated heterocycles. The van der Waals surface area contributed by atoms with Crippen LogP contribution in [0.15, 0.2) is 67.0 Å². The van der Waals surface area contributed by atoms with E-state index in [4.69, 9.17) is 30.6 Å². The highest BCUT2D eigenvalue weighted by Crippen LogP contribution is 2.55. The van der Waals surface area contributed by atoms with Crippen LogP contribution in [-0.4, -0.2) is 88.3 Å². The Hall–Kier alpha value is -2.74. The number of hydrogen-bond acceptors (Lipinski definition) is 10. The number of aliphatic hydroxyl groups excluding tert-OH is 2. The second kappa shape index (κ2) is 11.9. The number of halogens is 1. The van der Waals surface area contributed by atoms with E-state index >= 15 is 0 Å². The molecule has 2 aliphatic heterocycles. The van der Waals surface area contributed by atoms with Gasteiger partial charge in [-0.2, -0.15) is 9.97 Å². The van der Waals surface area contributed by atoms with Crippen LogP contribution in [-0.2, 0) is 23.8 Å². The van der Waals surface area contributed by atoms with Crippen molar-refractivity contribution in [3.8, 4) is 0 Å². The van der Waals surface area contributed by atoms with E-state index in [-0.39, 0.29) is 16.3 Å². The molecule has 14 nitrogen and oxygen atoms in total. The van der Waals surface area contributed by atoms with Crippen molar-refractivity contribution in [3.63, 3.8) is 0 Å². The zero-order valence-electron chi connectivity index (χ0n) is 23.1. The minimum absolute atomic E-state index is 0.0715. The van der Waals surface area contributed by atoms with E-state index in [2.05, 4.69) is 44.1 Å².